The summed E-state index contributed by atoms with van der Waals surface area (Å²) in [6.45, 7) is 4.34. The van der Waals surface area contributed by atoms with Gasteiger partial charge in [0.25, 0.3) is 0 Å². The molecule has 0 radical (unpaired) electrons. The second-order valence-electron chi connectivity index (χ2n) is 4.24. The molecule has 0 unspecified atom stereocenters. The van der Waals surface area contributed by atoms with E-state index in [4.69, 9.17) is 0 Å². The van der Waals surface area contributed by atoms with Crippen LogP contribution in [0.5, 0.6) is 0 Å². The maximum Gasteiger partial charge on any atom is 0.128 e. The number of hydrogen-bond acceptors (Lipinski definition) is 3. The smallest absolute Gasteiger partial charge is 0.128 e. The lowest BCUT2D eigenvalue weighted by atomic mass is 10.1. The molecule has 1 aromatic rings. The lowest BCUT2D eigenvalue weighted by Gasteiger charge is -2.32. The highest BCUT2D eigenvalue weighted by atomic mass is 15.2. The summed E-state index contributed by atoms with van der Waals surface area (Å²) in [4.78, 5) is 6.80. The Morgan fingerprint density at radius 3 is 2.73 bits per heavy atom. The lowest BCUT2D eigenvalue weighted by molar-refractivity contribution is 0.441. The molecular weight excluding hydrogens is 186 g/mol. The third kappa shape index (κ3) is 2.48. The highest BCUT2D eigenvalue weighted by Crippen LogP contribution is 2.18. The van der Waals surface area contributed by atoms with E-state index < -0.39 is 0 Å². The van der Waals surface area contributed by atoms with Crippen molar-refractivity contribution in [2.75, 3.05) is 25.0 Å². The molecule has 3 nitrogen and oxygen atoms in total. The molecular formula is C12H19N3. The summed E-state index contributed by atoms with van der Waals surface area (Å²) in [7, 11) is 2.05. The highest BCUT2D eigenvalue weighted by molar-refractivity contribution is 5.41. The summed E-state index contributed by atoms with van der Waals surface area (Å²) >= 11 is 0. The van der Waals surface area contributed by atoms with Crippen LogP contribution in [0.2, 0.25) is 0 Å². The van der Waals surface area contributed by atoms with Crippen molar-refractivity contribution in [2.24, 2.45) is 0 Å². The average molecular weight is 205 g/mol. The van der Waals surface area contributed by atoms with Crippen molar-refractivity contribution >= 4 is 5.82 Å². The van der Waals surface area contributed by atoms with Crippen LogP contribution in [0.15, 0.2) is 18.3 Å². The number of anilines is 1. The average Bonchev–Trinajstić information content (AvgIpc) is 2.29. The quantitative estimate of drug-likeness (QED) is 0.794. The van der Waals surface area contributed by atoms with Gasteiger partial charge in [0.15, 0.2) is 0 Å². The minimum absolute atomic E-state index is 0.686. The van der Waals surface area contributed by atoms with Crippen molar-refractivity contribution < 1.29 is 0 Å². The number of nitrogens with one attached hydrogen (secondary N) is 1. The molecule has 1 saturated heterocycles. The van der Waals surface area contributed by atoms with E-state index in [2.05, 4.69) is 28.2 Å². The van der Waals surface area contributed by atoms with Gasteiger partial charge in [-0.15, -0.1) is 0 Å². The summed E-state index contributed by atoms with van der Waals surface area (Å²) < 4.78 is 0. The van der Waals surface area contributed by atoms with Gasteiger partial charge in [0, 0.05) is 25.3 Å². The van der Waals surface area contributed by atoms with Crippen LogP contribution in [0.1, 0.15) is 18.4 Å². The molecule has 0 atom stereocenters. The van der Waals surface area contributed by atoms with Crippen molar-refractivity contribution in [2.45, 2.75) is 25.8 Å². The Bertz CT molecular complexity index is 316. The summed E-state index contributed by atoms with van der Waals surface area (Å²) in [6, 6.07) is 4.90. The lowest BCUT2D eigenvalue weighted by Crippen LogP contribution is -2.41. The fraction of sp³-hybridized carbons (Fsp3) is 0.583. The van der Waals surface area contributed by atoms with Gasteiger partial charge in [-0.3, -0.25) is 0 Å². The molecule has 1 aliphatic rings. The third-order valence-electron chi connectivity index (χ3n) is 3.13. The Hall–Kier alpha value is -1.09. The minimum atomic E-state index is 0.686. The molecule has 0 amide bonds. The first kappa shape index (κ1) is 10.4. The Balaban J connectivity index is 2.01. The fourth-order valence-electron chi connectivity index (χ4n) is 2.09. The third-order valence-corrected chi connectivity index (χ3v) is 3.13. The number of rotatable bonds is 2. The molecule has 0 aliphatic carbocycles. The zero-order chi connectivity index (χ0) is 10.7. The number of piperidine rings is 1. The summed E-state index contributed by atoms with van der Waals surface area (Å²) in [5.41, 5.74) is 1.29. The van der Waals surface area contributed by atoms with Crippen LogP contribution in [0.3, 0.4) is 0 Å². The van der Waals surface area contributed by atoms with Crippen molar-refractivity contribution in [3.05, 3.63) is 23.9 Å². The number of nitrogens with zero attached hydrogens (tertiary/aromatic N) is 2. The van der Waals surface area contributed by atoms with Gasteiger partial charge >= 0.3 is 0 Å². The zero-order valence-corrected chi connectivity index (χ0v) is 9.53. The number of pyridine rings is 1. The molecule has 1 fully saturated rings. The molecule has 2 rings (SSSR count). The molecule has 82 valence electrons. The first-order chi connectivity index (χ1) is 7.29. The van der Waals surface area contributed by atoms with Gasteiger partial charge in [0.2, 0.25) is 0 Å². The van der Waals surface area contributed by atoms with Crippen LogP contribution in [-0.2, 0) is 0 Å². The molecule has 15 heavy (non-hydrogen) atoms. The first-order valence-corrected chi connectivity index (χ1v) is 5.64. The van der Waals surface area contributed by atoms with Gasteiger partial charge < -0.3 is 10.2 Å². The van der Waals surface area contributed by atoms with Gasteiger partial charge in [-0.1, -0.05) is 0 Å². The van der Waals surface area contributed by atoms with E-state index in [0.717, 1.165) is 18.9 Å². The normalized spacial score (nSPS) is 18.1. The largest absolute Gasteiger partial charge is 0.356 e. The Labute approximate surface area is 91.5 Å². The molecule has 0 saturated carbocycles. The van der Waals surface area contributed by atoms with Gasteiger partial charge in [0.05, 0.1) is 0 Å². The molecule has 0 spiro atoms. The van der Waals surface area contributed by atoms with Crippen LogP contribution >= 0.6 is 0 Å². The standard InChI is InChI=1S/C12H19N3/c1-10-3-6-14-12(9-10)15-7-4-11(13-2)5-8-15/h3,6,9,11,13H,4-5,7-8H2,1-2H3. The number of aryl methyl sites for hydroxylation is 1. The van der Waals surface area contributed by atoms with Crippen molar-refractivity contribution in [3.63, 3.8) is 0 Å². The van der Waals surface area contributed by atoms with E-state index in [-0.39, 0.29) is 0 Å². The molecule has 2 heterocycles. The fourth-order valence-corrected chi connectivity index (χ4v) is 2.09. The molecule has 3 heteroatoms. The Morgan fingerprint density at radius 2 is 2.13 bits per heavy atom. The molecule has 1 aromatic heterocycles. The Kier molecular flexibility index (Phi) is 3.21. The molecule has 1 aliphatic heterocycles. The predicted octanol–water partition coefficient (Wildman–Crippen LogP) is 1.58. The minimum Gasteiger partial charge on any atom is -0.356 e. The van der Waals surface area contributed by atoms with E-state index in [1.165, 1.54) is 18.4 Å². The second-order valence-corrected chi connectivity index (χ2v) is 4.24. The van der Waals surface area contributed by atoms with E-state index in [0.29, 0.717) is 6.04 Å². The van der Waals surface area contributed by atoms with Crippen molar-refractivity contribution in [3.8, 4) is 0 Å². The van der Waals surface area contributed by atoms with Crippen molar-refractivity contribution in [1.29, 1.82) is 0 Å². The van der Waals surface area contributed by atoms with Gasteiger partial charge in [0.1, 0.15) is 5.82 Å². The van der Waals surface area contributed by atoms with Crippen LogP contribution in [-0.4, -0.2) is 31.2 Å². The first-order valence-electron chi connectivity index (χ1n) is 5.64. The van der Waals surface area contributed by atoms with Crippen LogP contribution in [0.25, 0.3) is 0 Å². The van der Waals surface area contributed by atoms with Gasteiger partial charge in [-0.25, -0.2) is 4.98 Å². The topological polar surface area (TPSA) is 28.2 Å². The highest BCUT2D eigenvalue weighted by Gasteiger charge is 2.18. The van der Waals surface area contributed by atoms with Gasteiger partial charge in [-0.05, 0) is 44.5 Å². The van der Waals surface area contributed by atoms with Crippen molar-refractivity contribution in [1.82, 2.24) is 10.3 Å². The van der Waals surface area contributed by atoms with Gasteiger partial charge in [-0.2, -0.15) is 0 Å². The summed E-state index contributed by atoms with van der Waals surface area (Å²) in [5, 5.41) is 3.34. The summed E-state index contributed by atoms with van der Waals surface area (Å²) in [5.74, 6) is 1.13. The number of aromatic nitrogens is 1. The van der Waals surface area contributed by atoms with E-state index in [1.54, 1.807) is 0 Å². The van der Waals surface area contributed by atoms with E-state index in [1.807, 2.05) is 19.3 Å². The monoisotopic (exact) mass is 205 g/mol. The number of hydrogen-bond donors (Lipinski definition) is 1. The second kappa shape index (κ2) is 4.62. The van der Waals surface area contributed by atoms with E-state index >= 15 is 0 Å². The molecule has 1 N–H and O–H groups in total. The predicted molar refractivity (Wildman–Crippen MR) is 63.3 cm³/mol. The Morgan fingerprint density at radius 1 is 1.40 bits per heavy atom. The van der Waals surface area contributed by atoms with E-state index in [9.17, 15) is 0 Å². The summed E-state index contributed by atoms with van der Waals surface area (Å²) in [6.07, 6.45) is 4.33. The SMILES string of the molecule is CNC1CCN(c2cc(C)ccn2)CC1. The maximum atomic E-state index is 4.42. The maximum absolute atomic E-state index is 4.42. The van der Waals surface area contributed by atoms with Crippen LogP contribution < -0.4 is 10.2 Å². The molecule has 0 aromatic carbocycles. The molecule has 0 bridgehead atoms. The zero-order valence-electron chi connectivity index (χ0n) is 9.53. The van der Waals surface area contributed by atoms with Crippen LogP contribution in [0, 0.1) is 6.92 Å². The van der Waals surface area contributed by atoms with Crippen LogP contribution in [0.4, 0.5) is 5.82 Å².